The van der Waals surface area contributed by atoms with Crippen LogP contribution in [-0.2, 0) is 0 Å². The van der Waals surface area contributed by atoms with Gasteiger partial charge in [0.25, 0.3) is 0 Å². The van der Waals surface area contributed by atoms with Crippen LogP contribution < -0.4 is 0 Å². The number of hydrogen-bond acceptors (Lipinski definition) is 2. The second-order valence-electron chi connectivity index (χ2n) is 4.92. The number of nitrogens with zero attached hydrogens (tertiary/aromatic N) is 2. The maximum absolute atomic E-state index is 4.15. The summed E-state index contributed by atoms with van der Waals surface area (Å²) in [5.41, 5.74) is 1.60. The van der Waals surface area contributed by atoms with E-state index in [2.05, 4.69) is 28.1 Å². The van der Waals surface area contributed by atoms with Gasteiger partial charge in [0, 0.05) is 17.9 Å². The van der Waals surface area contributed by atoms with E-state index < -0.39 is 0 Å². The zero-order valence-corrected chi connectivity index (χ0v) is 9.60. The predicted octanol–water partition coefficient (Wildman–Crippen LogP) is 2.72. The maximum atomic E-state index is 4.15. The quantitative estimate of drug-likeness (QED) is 0.752. The van der Waals surface area contributed by atoms with E-state index in [0.29, 0.717) is 5.54 Å². The van der Waals surface area contributed by atoms with E-state index in [4.69, 9.17) is 0 Å². The van der Waals surface area contributed by atoms with E-state index in [9.17, 15) is 0 Å². The molecule has 1 aromatic heterocycles. The van der Waals surface area contributed by atoms with Crippen molar-refractivity contribution in [1.29, 1.82) is 0 Å². The normalized spacial score (nSPS) is 24.0. The van der Waals surface area contributed by atoms with Gasteiger partial charge in [0.1, 0.15) is 0 Å². The second-order valence-corrected chi connectivity index (χ2v) is 4.92. The van der Waals surface area contributed by atoms with Gasteiger partial charge in [-0.2, -0.15) is 0 Å². The van der Waals surface area contributed by atoms with Crippen molar-refractivity contribution in [2.24, 2.45) is 0 Å². The lowest BCUT2D eigenvalue weighted by Gasteiger charge is -2.28. The smallest absolute Gasteiger partial charge is 0.0395 e. The summed E-state index contributed by atoms with van der Waals surface area (Å²) >= 11 is 0. The van der Waals surface area contributed by atoms with Crippen molar-refractivity contribution in [3.8, 4) is 0 Å². The van der Waals surface area contributed by atoms with Gasteiger partial charge >= 0.3 is 0 Å². The van der Waals surface area contributed by atoms with E-state index in [1.807, 2.05) is 18.5 Å². The number of fused-ring (bicyclic) bond motifs is 1. The highest BCUT2D eigenvalue weighted by Crippen LogP contribution is 2.40. The third-order valence-corrected chi connectivity index (χ3v) is 3.98. The molecule has 0 bridgehead atoms. The summed E-state index contributed by atoms with van der Waals surface area (Å²) in [5.74, 6) is 0. The number of aromatic nitrogens is 1. The summed E-state index contributed by atoms with van der Waals surface area (Å²) in [7, 11) is 0. The van der Waals surface area contributed by atoms with Gasteiger partial charge in [-0.25, -0.2) is 0 Å². The Kier molecular flexibility index (Phi) is 2.52. The van der Waals surface area contributed by atoms with Gasteiger partial charge in [-0.05, 0) is 50.4 Å². The van der Waals surface area contributed by atoms with Gasteiger partial charge in [0.15, 0.2) is 0 Å². The van der Waals surface area contributed by atoms with Gasteiger partial charge in [0.2, 0.25) is 0 Å². The Morgan fingerprint density at radius 2 is 2.06 bits per heavy atom. The molecule has 2 saturated heterocycles. The summed E-state index contributed by atoms with van der Waals surface area (Å²) in [6.07, 6.45) is 13.8. The SMILES string of the molecule is C(=C/C12CCCN1CCC2)/c1cccnc1. The van der Waals surface area contributed by atoms with E-state index >= 15 is 0 Å². The van der Waals surface area contributed by atoms with Crippen LogP contribution in [0.25, 0.3) is 6.08 Å². The molecule has 0 aromatic carbocycles. The molecule has 0 saturated carbocycles. The van der Waals surface area contributed by atoms with Gasteiger partial charge < -0.3 is 0 Å². The third kappa shape index (κ3) is 1.67. The number of rotatable bonds is 2. The average molecular weight is 214 g/mol. The van der Waals surface area contributed by atoms with Crippen LogP contribution in [0, 0.1) is 0 Å². The molecule has 0 radical (unpaired) electrons. The second kappa shape index (κ2) is 4.02. The standard InChI is InChI=1S/C14H18N2/c1-4-13(12-15-9-1)5-8-14-6-2-10-16(14)11-3-7-14/h1,4-5,8-9,12H,2-3,6-7,10-11H2/b8-5-. The van der Waals surface area contributed by atoms with Gasteiger partial charge in [-0.1, -0.05) is 18.2 Å². The Bertz CT molecular complexity index is 373. The Morgan fingerprint density at radius 1 is 1.25 bits per heavy atom. The minimum atomic E-state index is 0.385. The minimum absolute atomic E-state index is 0.385. The van der Waals surface area contributed by atoms with Crippen molar-refractivity contribution < 1.29 is 0 Å². The molecule has 2 aliphatic rings. The van der Waals surface area contributed by atoms with Gasteiger partial charge in [0.05, 0.1) is 0 Å². The van der Waals surface area contributed by atoms with Crippen LogP contribution in [0.5, 0.6) is 0 Å². The first-order valence-electron chi connectivity index (χ1n) is 6.23. The van der Waals surface area contributed by atoms with Crippen molar-refractivity contribution in [2.45, 2.75) is 31.2 Å². The lowest BCUT2D eigenvalue weighted by molar-refractivity contribution is 0.251. The minimum Gasteiger partial charge on any atom is -0.294 e. The maximum Gasteiger partial charge on any atom is 0.0395 e. The first kappa shape index (κ1) is 10.0. The van der Waals surface area contributed by atoms with Crippen molar-refractivity contribution >= 4 is 6.08 Å². The van der Waals surface area contributed by atoms with Crippen LogP contribution in [-0.4, -0.2) is 28.5 Å². The Balaban J connectivity index is 1.81. The highest BCUT2D eigenvalue weighted by Gasteiger charge is 2.41. The van der Waals surface area contributed by atoms with E-state index in [1.165, 1.54) is 44.3 Å². The summed E-state index contributed by atoms with van der Waals surface area (Å²) in [6, 6.07) is 4.12. The number of hydrogen-bond donors (Lipinski definition) is 0. The summed E-state index contributed by atoms with van der Waals surface area (Å²) in [5, 5.41) is 0. The highest BCUT2D eigenvalue weighted by molar-refractivity contribution is 5.49. The van der Waals surface area contributed by atoms with Gasteiger partial charge in [-0.3, -0.25) is 9.88 Å². The first-order chi connectivity index (χ1) is 7.89. The molecule has 0 N–H and O–H groups in total. The van der Waals surface area contributed by atoms with E-state index in [1.54, 1.807) is 0 Å². The van der Waals surface area contributed by atoms with Crippen molar-refractivity contribution in [2.75, 3.05) is 13.1 Å². The summed E-state index contributed by atoms with van der Waals surface area (Å²) in [6.45, 7) is 2.58. The molecule has 16 heavy (non-hydrogen) atoms. The molecule has 2 heteroatoms. The van der Waals surface area contributed by atoms with Crippen molar-refractivity contribution in [3.63, 3.8) is 0 Å². The largest absolute Gasteiger partial charge is 0.294 e. The molecule has 0 aliphatic carbocycles. The average Bonchev–Trinajstić information content (AvgIpc) is 2.87. The molecule has 2 fully saturated rings. The van der Waals surface area contributed by atoms with Crippen LogP contribution >= 0.6 is 0 Å². The van der Waals surface area contributed by atoms with Crippen molar-refractivity contribution in [3.05, 3.63) is 36.2 Å². The van der Waals surface area contributed by atoms with E-state index in [0.717, 1.165) is 0 Å². The van der Waals surface area contributed by atoms with E-state index in [-0.39, 0.29) is 0 Å². The zero-order chi connectivity index (χ0) is 10.8. The Labute approximate surface area is 97.0 Å². The Hall–Kier alpha value is -1.15. The fourth-order valence-corrected chi connectivity index (χ4v) is 3.15. The lowest BCUT2D eigenvalue weighted by Crippen LogP contribution is -2.35. The summed E-state index contributed by atoms with van der Waals surface area (Å²) < 4.78 is 0. The molecule has 0 spiro atoms. The Morgan fingerprint density at radius 3 is 2.75 bits per heavy atom. The van der Waals surface area contributed by atoms with Crippen LogP contribution in [0.1, 0.15) is 31.2 Å². The van der Waals surface area contributed by atoms with Crippen LogP contribution in [0.2, 0.25) is 0 Å². The van der Waals surface area contributed by atoms with Crippen LogP contribution in [0.4, 0.5) is 0 Å². The molecular weight excluding hydrogens is 196 g/mol. The molecule has 0 unspecified atom stereocenters. The number of pyridine rings is 1. The molecule has 1 aromatic rings. The molecule has 0 atom stereocenters. The predicted molar refractivity (Wildman–Crippen MR) is 66.0 cm³/mol. The fourth-order valence-electron chi connectivity index (χ4n) is 3.15. The van der Waals surface area contributed by atoms with Crippen LogP contribution in [0.3, 0.4) is 0 Å². The molecule has 84 valence electrons. The topological polar surface area (TPSA) is 16.1 Å². The molecule has 2 aliphatic heterocycles. The first-order valence-corrected chi connectivity index (χ1v) is 6.23. The van der Waals surface area contributed by atoms with Crippen molar-refractivity contribution in [1.82, 2.24) is 9.88 Å². The zero-order valence-electron chi connectivity index (χ0n) is 9.60. The summed E-state index contributed by atoms with van der Waals surface area (Å²) in [4.78, 5) is 6.80. The fraction of sp³-hybridized carbons (Fsp3) is 0.500. The van der Waals surface area contributed by atoms with Gasteiger partial charge in [-0.15, -0.1) is 0 Å². The molecule has 2 nitrogen and oxygen atoms in total. The molecular formula is C14H18N2. The van der Waals surface area contributed by atoms with Crippen LogP contribution in [0.15, 0.2) is 30.6 Å². The third-order valence-electron chi connectivity index (χ3n) is 3.98. The lowest BCUT2D eigenvalue weighted by atomic mass is 9.93. The molecule has 0 amide bonds. The molecule has 3 heterocycles. The molecule has 3 rings (SSSR count). The highest BCUT2D eigenvalue weighted by atomic mass is 15.2. The monoisotopic (exact) mass is 214 g/mol.